The highest BCUT2D eigenvalue weighted by molar-refractivity contribution is 5.51. The van der Waals surface area contributed by atoms with Crippen LogP contribution >= 0.6 is 0 Å². The average Bonchev–Trinajstić information content (AvgIpc) is 2.61. The number of rotatable bonds is 2. The number of aliphatic hydroxyl groups excluding tert-OH is 1. The molecule has 2 N–H and O–H groups in total. The summed E-state index contributed by atoms with van der Waals surface area (Å²) < 4.78 is 0. The number of hydrogen-bond acceptors (Lipinski definition) is 5. The van der Waals surface area contributed by atoms with Gasteiger partial charge in [-0.3, -0.25) is 0 Å². The van der Waals surface area contributed by atoms with E-state index in [1.165, 1.54) is 0 Å². The third kappa shape index (κ3) is 3.32. The van der Waals surface area contributed by atoms with Gasteiger partial charge in [0.2, 0.25) is 0 Å². The number of nitrogens with zero attached hydrogens (tertiary/aromatic N) is 3. The van der Waals surface area contributed by atoms with Gasteiger partial charge in [0.25, 0.3) is 0 Å². The molecule has 1 aliphatic rings. The predicted octanol–water partition coefficient (Wildman–Crippen LogP) is 1.57. The summed E-state index contributed by atoms with van der Waals surface area (Å²) in [6, 6.07) is 1.95. The van der Waals surface area contributed by atoms with E-state index >= 15 is 0 Å². The maximum Gasteiger partial charge on any atom is 0.134 e. The number of aryl methyl sites for hydroxylation is 1. The van der Waals surface area contributed by atoms with Gasteiger partial charge in [-0.2, -0.15) is 0 Å². The van der Waals surface area contributed by atoms with E-state index in [1.54, 1.807) is 0 Å². The molecule has 0 amide bonds. The molecule has 0 aliphatic carbocycles. The topological polar surface area (TPSA) is 61.3 Å². The van der Waals surface area contributed by atoms with Gasteiger partial charge in [-0.25, -0.2) is 9.97 Å². The maximum absolute atomic E-state index is 9.59. The molecule has 0 saturated carbocycles. The second-order valence-electron chi connectivity index (χ2n) is 5.92. The number of aliphatic hydroxyl groups is 1. The second kappa shape index (κ2) is 4.72. The molecule has 1 aliphatic heterocycles. The van der Waals surface area contributed by atoms with E-state index in [0.29, 0.717) is 6.54 Å². The van der Waals surface area contributed by atoms with Crippen LogP contribution < -0.4 is 10.2 Å². The van der Waals surface area contributed by atoms with Crippen LogP contribution in [0.5, 0.6) is 0 Å². The summed E-state index contributed by atoms with van der Waals surface area (Å²) in [6.45, 7) is 9.71. The molecule has 1 aromatic heterocycles. The van der Waals surface area contributed by atoms with Gasteiger partial charge < -0.3 is 15.3 Å². The Kier molecular flexibility index (Phi) is 3.43. The number of β-amino-alcohol motifs (C(OH)–C–C–N with tert-alkyl or cyclic N) is 1. The second-order valence-corrected chi connectivity index (χ2v) is 5.92. The van der Waals surface area contributed by atoms with Crippen molar-refractivity contribution in [2.24, 2.45) is 0 Å². The molecule has 2 heterocycles. The van der Waals surface area contributed by atoms with Crippen molar-refractivity contribution in [2.75, 3.05) is 23.3 Å². The van der Waals surface area contributed by atoms with Gasteiger partial charge in [0.05, 0.1) is 6.10 Å². The van der Waals surface area contributed by atoms with Gasteiger partial charge >= 0.3 is 0 Å². The molecule has 0 aromatic carbocycles. The highest BCUT2D eigenvalue weighted by Gasteiger charge is 2.22. The summed E-state index contributed by atoms with van der Waals surface area (Å²) in [4.78, 5) is 10.9. The maximum atomic E-state index is 9.59. The van der Waals surface area contributed by atoms with Crippen LogP contribution in [0.2, 0.25) is 0 Å². The average molecular weight is 250 g/mol. The Labute approximate surface area is 108 Å². The SMILES string of the molecule is Cc1nc(NC(C)(C)C)cc(N2CCC(O)C2)n1. The van der Waals surface area contributed by atoms with Crippen LogP contribution in [-0.4, -0.2) is 39.8 Å². The van der Waals surface area contributed by atoms with Gasteiger partial charge in [-0.05, 0) is 34.1 Å². The normalized spacial score (nSPS) is 20.3. The number of aromatic nitrogens is 2. The molecular weight excluding hydrogens is 228 g/mol. The van der Waals surface area contributed by atoms with Crippen LogP contribution in [0.1, 0.15) is 33.0 Å². The minimum absolute atomic E-state index is 0.0252. The van der Waals surface area contributed by atoms with E-state index in [2.05, 4.69) is 41.0 Å². The van der Waals surface area contributed by atoms with Crippen LogP contribution in [0, 0.1) is 6.92 Å². The standard InChI is InChI=1S/C13H22N4O/c1-9-14-11(16-13(2,3)4)7-12(15-9)17-6-5-10(18)8-17/h7,10,18H,5-6,8H2,1-4H3,(H,14,15,16). The molecule has 1 atom stereocenters. The van der Waals surface area contributed by atoms with E-state index in [9.17, 15) is 5.11 Å². The van der Waals surface area contributed by atoms with Gasteiger partial charge in [0, 0.05) is 24.7 Å². The zero-order chi connectivity index (χ0) is 13.3. The van der Waals surface area contributed by atoms with Crippen LogP contribution in [-0.2, 0) is 0 Å². The quantitative estimate of drug-likeness (QED) is 0.834. The molecule has 0 spiro atoms. The van der Waals surface area contributed by atoms with Crippen molar-refractivity contribution in [1.29, 1.82) is 0 Å². The van der Waals surface area contributed by atoms with Crippen molar-refractivity contribution in [3.8, 4) is 0 Å². The first kappa shape index (κ1) is 13.1. The minimum atomic E-state index is -0.237. The Balaban J connectivity index is 2.21. The zero-order valence-electron chi connectivity index (χ0n) is 11.6. The van der Waals surface area contributed by atoms with Gasteiger partial charge in [-0.1, -0.05) is 0 Å². The highest BCUT2D eigenvalue weighted by Crippen LogP contribution is 2.22. The lowest BCUT2D eigenvalue weighted by Crippen LogP contribution is -2.28. The largest absolute Gasteiger partial charge is 0.391 e. The van der Waals surface area contributed by atoms with E-state index in [4.69, 9.17) is 0 Å². The van der Waals surface area contributed by atoms with Crippen LogP contribution in [0.4, 0.5) is 11.6 Å². The van der Waals surface area contributed by atoms with Crippen LogP contribution in [0.25, 0.3) is 0 Å². The molecule has 5 heteroatoms. The lowest BCUT2D eigenvalue weighted by Gasteiger charge is -2.23. The fraction of sp³-hybridized carbons (Fsp3) is 0.692. The molecule has 1 fully saturated rings. The van der Waals surface area contributed by atoms with Crippen molar-refractivity contribution in [3.05, 3.63) is 11.9 Å². The summed E-state index contributed by atoms with van der Waals surface area (Å²) in [5.74, 6) is 2.48. The molecule has 1 unspecified atom stereocenters. The number of nitrogens with one attached hydrogen (secondary N) is 1. The molecule has 100 valence electrons. The summed E-state index contributed by atoms with van der Waals surface area (Å²) >= 11 is 0. The van der Waals surface area contributed by atoms with E-state index < -0.39 is 0 Å². The summed E-state index contributed by atoms with van der Waals surface area (Å²) in [5.41, 5.74) is -0.0252. The first-order chi connectivity index (χ1) is 8.33. The Morgan fingerprint density at radius 3 is 2.67 bits per heavy atom. The third-order valence-corrected chi connectivity index (χ3v) is 2.81. The van der Waals surface area contributed by atoms with Crippen LogP contribution in [0.15, 0.2) is 6.07 Å². The molecule has 18 heavy (non-hydrogen) atoms. The fourth-order valence-corrected chi connectivity index (χ4v) is 2.11. The van der Waals surface area contributed by atoms with Crippen molar-refractivity contribution in [2.45, 2.75) is 45.8 Å². The molecule has 5 nitrogen and oxygen atoms in total. The van der Waals surface area contributed by atoms with Crippen molar-refractivity contribution in [3.63, 3.8) is 0 Å². The zero-order valence-corrected chi connectivity index (χ0v) is 11.6. The Bertz CT molecular complexity index is 427. The highest BCUT2D eigenvalue weighted by atomic mass is 16.3. The molecule has 0 bridgehead atoms. The Hall–Kier alpha value is -1.36. The summed E-state index contributed by atoms with van der Waals surface area (Å²) in [6.07, 6.45) is 0.574. The fourth-order valence-electron chi connectivity index (χ4n) is 2.11. The van der Waals surface area contributed by atoms with Gasteiger partial charge in [-0.15, -0.1) is 0 Å². The summed E-state index contributed by atoms with van der Waals surface area (Å²) in [7, 11) is 0. The van der Waals surface area contributed by atoms with Gasteiger partial charge in [0.1, 0.15) is 17.5 Å². The molecule has 1 saturated heterocycles. The third-order valence-electron chi connectivity index (χ3n) is 2.81. The Morgan fingerprint density at radius 2 is 2.11 bits per heavy atom. The smallest absolute Gasteiger partial charge is 0.134 e. The minimum Gasteiger partial charge on any atom is -0.391 e. The molecule has 0 radical (unpaired) electrons. The first-order valence-electron chi connectivity index (χ1n) is 6.40. The number of hydrogen-bond donors (Lipinski definition) is 2. The molecular formula is C13H22N4O. The van der Waals surface area contributed by atoms with Crippen molar-refractivity contribution < 1.29 is 5.11 Å². The Morgan fingerprint density at radius 1 is 1.39 bits per heavy atom. The van der Waals surface area contributed by atoms with Gasteiger partial charge in [0.15, 0.2) is 0 Å². The lowest BCUT2D eigenvalue weighted by molar-refractivity contribution is 0.198. The van der Waals surface area contributed by atoms with Crippen LogP contribution in [0.3, 0.4) is 0 Å². The summed E-state index contributed by atoms with van der Waals surface area (Å²) in [5, 5.41) is 12.9. The van der Waals surface area contributed by atoms with E-state index in [1.807, 2.05) is 13.0 Å². The van der Waals surface area contributed by atoms with Crippen molar-refractivity contribution in [1.82, 2.24) is 9.97 Å². The monoisotopic (exact) mass is 250 g/mol. The van der Waals surface area contributed by atoms with E-state index in [-0.39, 0.29) is 11.6 Å². The predicted molar refractivity (Wildman–Crippen MR) is 73.0 cm³/mol. The van der Waals surface area contributed by atoms with E-state index in [0.717, 1.165) is 30.4 Å². The lowest BCUT2D eigenvalue weighted by atomic mass is 10.1. The van der Waals surface area contributed by atoms with Crippen molar-refractivity contribution >= 4 is 11.6 Å². The molecule has 2 rings (SSSR count). The first-order valence-corrected chi connectivity index (χ1v) is 6.40. The molecule has 1 aromatic rings. The number of anilines is 2.